The lowest BCUT2D eigenvalue weighted by Crippen LogP contribution is -2.54. The van der Waals surface area contributed by atoms with Gasteiger partial charge in [0.1, 0.15) is 24.4 Å². The van der Waals surface area contributed by atoms with Crippen LogP contribution in [0.25, 0.3) is 0 Å². The zero-order valence-electron chi connectivity index (χ0n) is 11.0. The van der Waals surface area contributed by atoms with Crippen LogP contribution >= 0.6 is 0 Å². The van der Waals surface area contributed by atoms with Gasteiger partial charge in [0, 0.05) is 6.54 Å². The Kier molecular flexibility index (Phi) is 8.07. The fourth-order valence-electron chi connectivity index (χ4n) is 1.29. The van der Waals surface area contributed by atoms with E-state index in [1.165, 1.54) is 0 Å². The molecule has 0 aromatic carbocycles. The van der Waals surface area contributed by atoms with E-state index in [4.69, 9.17) is 10.2 Å². The van der Waals surface area contributed by atoms with Crippen LogP contribution in [0.2, 0.25) is 0 Å². The molecule has 0 unspecified atom stereocenters. The molecule has 0 aromatic rings. The second kappa shape index (κ2) is 8.41. The molecule has 0 aromatic heterocycles. The van der Waals surface area contributed by atoms with Crippen LogP contribution in [-0.2, 0) is 4.79 Å². The lowest BCUT2D eigenvalue weighted by atomic mass is 9.99. The molecule has 114 valence electrons. The Morgan fingerprint density at radius 1 is 1.00 bits per heavy atom. The smallest absolute Gasteiger partial charge is 0.251 e. The first-order valence-electron chi connectivity index (χ1n) is 6.01. The van der Waals surface area contributed by atoms with Crippen molar-refractivity contribution in [2.45, 2.75) is 44.4 Å². The molecule has 8 heteroatoms. The molecule has 7 N–H and O–H groups in total. The van der Waals surface area contributed by atoms with Gasteiger partial charge >= 0.3 is 0 Å². The van der Waals surface area contributed by atoms with Gasteiger partial charge in [-0.15, -0.1) is 0 Å². The maximum atomic E-state index is 11.4. The summed E-state index contributed by atoms with van der Waals surface area (Å²) in [4.78, 5) is 11.4. The molecule has 0 saturated carbocycles. The highest BCUT2D eigenvalue weighted by Gasteiger charge is 2.36. The summed E-state index contributed by atoms with van der Waals surface area (Å²) in [6, 6.07) is 0. The predicted molar refractivity (Wildman–Crippen MR) is 65.0 cm³/mol. The van der Waals surface area contributed by atoms with Gasteiger partial charge in [0.25, 0.3) is 5.91 Å². The van der Waals surface area contributed by atoms with Crippen molar-refractivity contribution >= 4 is 5.91 Å². The maximum Gasteiger partial charge on any atom is 0.251 e. The Balaban J connectivity index is 4.45. The van der Waals surface area contributed by atoms with Crippen molar-refractivity contribution in [1.29, 1.82) is 0 Å². The fourth-order valence-corrected chi connectivity index (χ4v) is 1.29. The predicted octanol–water partition coefficient (Wildman–Crippen LogP) is -3.44. The van der Waals surface area contributed by atoms with E-state index >= 15 is 0 Å². The Morgan fingerprint density at radius 3 is 1.95 bits per heavy atom. The van der Waals surface area contributed by atoms with Gasteiger partial charge in [-0.2, -0.15) is 0 Å². The molecule has 0 aliphatic rings. The molecule has 19 heavy (non-hydrogen) atoms. The molecular formula is C11H23NO7. The quantitative estimate of drug-likeness (QED) is 0.244. The van der Waals surface area contributed by atoms with Crippen LogP contribution < -0.4 is 5.32 Å². The van der Waals surface area contributed by atoms with E-state index in [-0.39, 0.29) is 12.5 Å². The van der Waals surface area contributed by atoms with E-state index in [0.717, 1.165) is 0 Å². The van der Waals surface area contributed by atoms with Gasteiger partial charge < -0.3 is 36.0 Å². The summed E-state index contributed by atoms with van der Waals surface area (Å²) in [5, 5.41) is 57.9. The van der Waals surface area contributed by atoms with E-state index in [1.807, 2.05) is 13.8 Å². The van der Waals surface area contributed by atoms with E-state index < -0.39 is 43.0 Å². The van der Waals surface area contributed by atoms with Crippen molar-refractivity contribution in [3.8, 4) is 0 Å². The standard InChI is InChI=1S/C11H23NO7/c1-5(2)3-12-11(19)10(18)9(17)8(16)7(15)6(14)4-13/h5-10,13-18H,3-4H2,1-2H3,(H,12,19)/t6-,7-,8+,9-,10-/m1/s1. The minimum Gasteiger partial charge on any atom is -0.394 e. The molecule has 0 heterocycles. The number of carbonyl (C=O) groups excluding carboxylic acids is 1. The van der Waals surface area contributed by atoms with Gasteiger partial charge in [0.2, 0.25) is 0 Å². The van der Waals surface area contributed by atoms with Crippen LogP contribution in [0.15, 0.2) is 0 Å². The van der Waals surface area contributed by atoms with Gasteiger partial charge in [0.05, 0.1) is 6.61 Å². The highest BCUT2D eigenvalue weighted by molar-refractivity contribution is 5.81. The van der Waals surface area contributed by atoms with Gasteiger partial charge in [-0.3, -0.25) is 4.79 Å². The minimum absolute atomic E-state index is 0.139. The van der Waals surface area contributed by atoms with Crippen molar-refractivity contribution in [2.24, 2.45) is 5.92 Å². The summed E-state index contributed by atoms with van der Waals surface area (Å²) in [5.74, 6) is -0.758. The third-order valence-corrected chi connectivity index (χ3v) is 2.56. The number of aliphatic hydroxyl groups is 6. The molecule has 0 aliphatic heterocycles. The number of carbonyl (C=O) groups is 1. The fraction of sp³-hybridized carbons (Fsp3) is 0.909. The zero-order chi connectivity index (χ0) is 15.2. The lowest BCUT2D eigenvalue weighted by Gasteiger charge is -2.28. The monoisotopic (exact) mass is 281 g/mol. The number of hydrogen-bond acceptors (Lipinski definition) is 7. The molecule has 0 radical (unpaired) electrons. The van der Waals surface area contributed by atoms with Crippen LogP contribution in [0.1, 0.15) is 13.8 Å². The Hall–Kier alpha value is -0.770. The van der Waals surface area contributed by atoms with Gasteiger partial charge in [-0.1, -0.05) is 13.8 Å². The molecule has 0 saturated heterocycles. The SMILES string of the molecule is CC(C)CNC(=O)[C@H](O)[C@H](O)[C@@H](O)[C@H](O)[C@H](O)CO. The van der Waals surface area contributed by atoms with Crippen molar-refractivity contribution in [1.82, 2.24) is 5.32 Å². The largest absolute Gasteiger partial charge is 0.394 e. The Labute approximate surface area is 111 Å². The zero-order valence-corrected chi connectivity index (χ0v) is 11.0. The molecule has 0 spiro atoms. The first-order chi connectivity index (χ1) is 8.72. The molecule has 0 rings (SSSR count). The number of aliphatic hydroxyl groups excluding tert-OH is 6. The summed E-state index contributed by atoms with van der Waals surface area (Å²) in [7, 11) is 0. The van der Waals surface area contributed by atoms with Crippen molar-refractivity contribution in [3.63, 3.8) is 0 Å². The van der Waals surface area contributed by atoms with E-state index in [1.54, 1.807) is 0 Å². The van der Waals surface area contributed by atoms with Crippen LogP contribution in [-0.4, -0.2) is 80.2 Å². The highest BCUT2D eigenvalue weighted by atomic mass is 16.4. The topological polar surface area (TPSA) is 150 Å². The number of rotatable bonds is 8. The summed E-state index contributed by atoms with van der Waals surface area (Å²) < 4.78 is 0. The van der Waals surface area contributed by atoms with Crippen LogP contribution in [0.4, 0.5) is 0 Å². The maximum absolute atomic E-state index is 11.4. The number of amides is 1. The average molecular weight is 281 g/mol. The lowest BCUT2D eigenvalue weighted by molar-refractivity contribution is -0.157. The average Bonchev–Trinajstić information content (AvgIpc) is 2.40. The van der Waals surface area contributed by atoms with Crippen molar-refractivity contribution < 1.29 is 35.4 Å². The molecule has 0 aliphatic carbocycles. The van der Waals surface area contributed by atoms with Gasteiger partial charge in [-0.05, 0) is 5.92 Å². The number of hydrogen-bond donors (Lipinski definition) is 7. The molecule has 0 bridgehead atoms. The molecular weight excluding hydrogens is 258 g/mol. The van der Waals surface area contributed by atoms with Gasteiger partial charge in [0.15, 0.2) is 6.10 Å². The normalized spacial score (nSPS) is 19.6. The molecule has 5 atom stereocenters. The first kappa shape index (κ1) is 18.2. The molecule has 1 amide bonds. The summed E-state index contributed by atoms with van der Waals surface area (Å²) in [5.41, 5.74) is 0. The molecule has 8 nitrogen and oxygen atoms in total. The Bertz CT molecular complexity index is 274. The van der Waals surface area contributed by atoms with E-state index in [0.29, 0.717) is 0 Å². The molecule has 0 fully saturated rings. The van der Waals surface area contributed by atoms with Crippen LogP contribution in [0, 0.1) is 5.92 Å². The van der Waals surface area contributed by atoms with Crippen LogP contribution in [0.5, 0.6) is 0 Å². The highest BCUT2D eigenvalue weighted by Crippen LogP contribution is 2.09. The second-order valence-electron chi connectivity index (χ2n) is 4.81. The summed E-state index contributed by atoms with van der Waals surface area (Å²) in [6.45, 7) is 3.11. The second-order valence-corrected chi connectivity index (χ2v) is 4.81. The minimum atomic E-state index is -1.98. The van der Waals surface area contributed by atoms with Gasteiger partial charge in [-0.25, -0.2) is 0 Å². The van der Waals surface area contributed by atoms with E-state index in [2.05, 4.69) is 5.32 Å². The third-order valence-electron chi connectivity index (χ3n) is 2.56. The van der Waals surface area contributed by atoms with E-state index in [9.17, 15) is 25.2 Å². The van der Waals surface area contributed by atoms with Crippen LogP contribution in [0.3, 0.4) is 0 Å². The summed E-state index contributed by atoms with van der Waals surface area (Å²) >= 11 is 0. The Morgan fingerprint density at radius 2 is 1.53 bits per heavy atom. The third kappa shape index (κ3) is 5.81. The number of nitrogens with one attached hydrogen (secondary N) is 1. The first-order valence-corrected chi connectivity index (χ1v) is 6.01. The van der Waals surface area contributed by atoms with Crippen molar-refractivity contribution in [2.75, 3.05) is 13.2 Å². The van der Waals surface area contributed by atoms with Crippen molar-refractivity contribution in [3.05, 3.63) is 0 Å². The summed E-state index contributed by atoms with van der Waals surface area (Å²) in [6.07, 6.45) is -9.47.